The number of hydrogen-bond acceptors (Lipinski definition) is 6. The molecule has 0 aliphatic carbocycles. The first-order valence-electron chi connectivity index (χ1n) is 4.09. The SMILES string of the molecule is COC(=O)C(CO)NC(=O)c1ccno1. The monoisotopic (exact) mass is 214 g/mol. The molecule has 7 nitrogen and oxygen atoms in total. The number of nitrogens with one attached hydrogen (secondary N) is 1. The Labute approximate surface area is 85.0 Å². The molecule has 1 rings (SSSR count). The van der Waals surface area contributed by atoms with Gasteiger partial charge in [0.25, 0.3) is 5.91 Å². The Kier molecular flexibility index (Phi) is 3.81. The molecule has 1 unspecified atom stereocenters. The van der Waals surface area contributed by atoms with Crippen molar-refractivity contribution >= 4 is 11.9 Å². The summed E-state index contributed by atoms with van der Waals surface area (Å²) in [5.74, 6) is -1.42. The molecule has 7 heteroatoms. The first kappa shape index (κ1) is 11.2. The quantitative estimate of drug-likeness (QED) is 0.619. The van der Waals surface area contributed by atoms with Gasteiger partial charge in [-0.05, 0) is 0 Å². The number of ether oxygens (including phenoxy) is 1. The van der Waals surface area contributed by atoms with E-state index in [1.807, 2.05) is 0 Å². The maximum Gasteiger partial charge on any atom is 0.330 e. The Balaban J connectivity index is 2.60. The highest BCUT2D eigenvalue weighted by Crippen LogP contribution is 1.97. The number of aliphatic hydroxyl groups is 1. The van der Waals surface area contributed by atoms with E-state index in [0.29, 0.717) is 0 Å². The molecule has 0 radical (unpaired) electrons. The molecule has 0 aliphatic rings. The van der Waals surface area contributed by atoms with Gasteiger partial charge in [0.05, 0.1) is 19.9 Å². The standard InChI is InChI=1S/C8H10N2O5/c1-14-8(13)5(4-11)10-7(12)6-2-3-9-15-6/h2-3,5,11H,4H2,1H3,(H,10,12). The van der Waals surface area contributed by atoms with Crippen LogP contribution in [0, 0.1) is 0 Å². The molecular weight excluding hydrogens is 204 g/mol. The number of aliphatic hydroxyl groups excluding tert-OH is 1. The van der Waals surface area contributed by atoms with Crippen LogP contribution in [0.2, 0.25) is 0 Å². The smallest absolute Gasteiger partial charge is 0.330 e. The molecule has 1 aromatic rings. The Bertz CT molecular complexity index is 335. The van der Waals surface area contributed by atoms with Crippen molar-refractivity contribution in [3.63, 3.8) is 0 Å². The highest BCUT2D eigenvalue weighted by molar-refractivity contribution is 5.94. The number of carbonyl (C=O) groups excluding carboxylic acids is 2. The summed E-state index contributed by atoms with van der Waals surface area (Å²) in [6, 6.07) is 0.230. The summed E-state index contributed by atoms with van der Waals surface area (Å²) in [6.07, 6.45) is 1.29. The fourth-order valence-electron chi connectivity index (χ4n) is 0.884. The zero-order valence-corrected chi connectivity index (χ0v) is 7.97. The van der Waals surface area contributed by atoms with Crippen LogP contribution in [-0.2, 0) is 9.53 Å². The van der Waals surface area contributed by atoms with Crippen molar-refractivity contribution in [2.45, 2.75) is 6.04 Å². The van der Waals surface area contributed by atoms with Gasteiger partial charge in [0.15, 0.2) is 6.04 Å². The van der Waals surface area contributed by atoms with Gasteiger partial charge in [-0.3, -0.25) is 4.79 Å². The van der Waals surface area contributed by atoms with Crippen LogP contribution < -0.4 is 5.32 Å². The summed E-state index contributed by atoms with van der Waals surface area (Å²) in [5, 5.41) is 14.4. The van der Waals surface area contributed by atoms with Gasteiger partial charge in [-0.1, -0.05) is 5.16 Å². The first-order valence-corrected chi connectivity index (χ1v) is 4.09. The zero-order chi connectivity index (χ0) is 11.3. The Morgan fingerprint density at radius 3 is 2.93 bits per heavy atom. The lowest BCUT2D eigenvalue weighted by Gasteiger charge is -2.11. The van der Waals surface area contributed by atoms with Crippen LogP contribution in [0.15, 0.2) is 16.8 Å². The summed E-state index contributed by atoms with van der Waals surface area (Å²) in [6.45, 7) is -0.549. The summed E-state index contributed by atoms with van der Waals surface area (Å²) >= 11 is 0. The van der Waals surface area contributed by atoms with E-state index in [9.17, 15) is 9.59 Å². The number of methoxy groups -OCH3 is 1. The van der Waals surface area contributed by atoms with Crippen LogP contribution in [0.5, 0.6) is 0 Å². The van der Waals surface area contributed by atoms with Crippen molar-refractivity contribution in [2.24, 2.45) is 0 Å². The highest BCUT2D eigenvalue weighted by Gasteiger charge is 2.22. The molecule has 0 bridgehead atoms. The van der Waals surface area contributed by atoms with Crippen LogP contribution in [0.3, 0.4) is 0 Å². The van der Waals surface area contributed by atoms with E-state index in [-0.39, 0.29) is 5.76 Å². The second-order valence-corrected chi connectivity index (χ2v) is 2.61. The Hall–Kier alpha value is -1.89. The Morgan fingerprint density at radius 2 is 2.47 bits per heavy atom. The largest absolute Gasteiger partial charge is 0.467 e. The molecule has 0 fully saturated rings. The molecule has 15 heavy (non-hydrogen) atoms. The number of esters is 1. The van der Waals surface area contributed by atoms with E-state index < -0.39 is 24.5 Å². The summed E-state index contributed by atoms with van der Waals surface area (Å²) < 4.78 is 8.92. The molecule has 2 N–H and O–H groups in total. The van der Waals surface area contributed by atoms with Gasteiger partial charge in [0, 0.05) is 6.07 Å². The molecule has 0 saturated carbocycles. The molecule has 82 valence electrons. The van der Waals surface area contributed by atoms with Gasteiger partial charge in [-0.25, -0.2) is 4.79 Å². The van der Waals surface area contributed by atoms with Crippen LogP contribution in [0.1, 0.15) is 10.6 Å². The molecule has 0 aliphatic heterocycles. The lowest BCUT2D eigenvalue weighted by molar-refractivity contribution is -0.143. The molecule has 0 spiro atoms. The van der Waals surface area contributed by atoms with E-state index in [4.69, 9.17) is 5.11 Å². The first-order chi connectivity index (χ1) is 7.19. The van der Waals surface area contributed by atoms with Crippen LogP contribution >= 0.6 is 0 Å². The second kappa shape index (κ2) is 5.11. The van der Waals surface area contributed by atoms with Gasteiger partial charge in [0.2, 0.25) is 5.76 Å². The van der Waals surface area contributed by atoms with E-state index in [0.717, 1.165) is 7.11 Å². The lowest BCUT2D eigenvalue weighted by Crippen LogP contribution is -2.43. The van der Waals surface area contributed by atoms with E-state index >= 15 is 0 Å². The topological polar surface area (TPSA) is 102 Å². The highest BCUT2D eigenvalue weighted by atomic mass is 16.5. The van der Waals surface area contributed by atoms with E-state index in [1.165, 1.54) is 12.3 Å². The predicted octanol–water partition coefficient (Wildman–Crippen LogP) is -1.06. The average molecular weight is 214 g/mol. The van der Waals surface area contributed by atoms with Crippen molar-refractivity contribution in [2.75, 3.05) is 13.7 Å². The Morgan fingerprint density at radius 1 is 1.73 bits per heavy atom. The summed E-state index contributed by atoms with van der Waals surface area (Å²) in [7, 11) is 1.16. The van der Waals surface area contributed by atoms with Gasteiger partial charge in [-0.2, -0.15) is 0 Å². The number of carbonyl (C=O) groups is 2. The van der Waals surface area contributed by atoms with Crippen LogP contribution in [-0.4, -0.2) is 41.9 Å². The van der Waals surface area contributed by atoms with Crippen molar-refractivity contribution in [1.29, 1.82) is 0 Å². The van der Waals surface area contributed by atoms with Gasteiger partial charge in [-0.15, -0.1) is 0 Å². The molecule has 0 aromatic carbocycles. The predicted molar refractivity (Wildman–Crippen MR) is 46.9 cm³/mol. The summed E-state index contributed by atoms with van der Waals surface area (Å²) in [5.41, 5.74) is 0. The minimum Gasteiger partial charge on any atom is -0.467 e. The minimum absolute atomic E-state index is 0.0441. The molecule has 1 amide bonds. The maximum absolute atomic E-state index is 11.3. The lowest BCUT2D eigenvalue weighted by atomic mass is 10.3. The van der Waals surface area contributed by atoms with Crippen LogP contribution in [0.25, 0.3) is 0 Å². The third-order valence-electron chi connectivity index (χ3n) is 1.64. The van der Waals surface area contributed by atoms with Crippen LogP contribution in [0.4, 0.5) is 0 Å². The third-order valence-corrected chi connectivity index (χ3v) is 1.64. The minimum atomic E-state index is -1.10. The van der Waals surface area contributed by atoms with Gasteiger partial charge in [0.1, 0.15) is 0 Å². The van der Waals surface area contributed by atoms with Crippen molar-refractivity contribution in [3.05, 3.63) is 18.0 Å². The maximum atomic E-state index is 11.3. The van der Waals surface area contributed by atoms with Gasteiger partial charge >= 0.3 is 5.97 Å². The van der Waals surface area contributed by atoms with Crippen molar-refractivity contribution < 1.29 is 24.0 Å². The number of rotatable bonds is 4. The molecule has 1 atom stereocenters. The second-order valence-electron chi connectivity index (χ2n) is 2.61. The summed E-state index contributed by atoms with van der Waals surface area (Å²) in [4.78, 5) is 22.3. The van der Waals surface area contributed by atoms with Crippen molar-refractivity contribution in [3.8, 4) is 0 Å². The normalized spacial score (nSPS) is 11.9. The number of hydrogen-bond donors (Lipinski definition) is 2. The van der Waals surface area contributed by atoms with E-state index in [2.05, 4.69) is 19.7 Å². The molecule has 1 heterocycles. The molecule has 1 aromatic heterocycles. The fourth-order valence-corrected chi connectivity index (χ4v) is 0.884. The average Bonchev–Trinajstić information content (AvgIpc) is 2.77. The number of nitrogens with zero attached hydrogens (tertiary/aromatic N) is 1. The van der Waals surface area contributed by atoms with E-state index in [1.54, 1.807) is 0 Å². The van der Waals surface area contributed by atoms with Crippen molar-refractivity contribution in [1.82, 2.24) is 10.5 Å². The fraction of sp³-hybridized carbons (Fsp3) is 0.375. The number of amides is 1. The molecule has 0 saturated heterocycles. The zero-order valence-electron chi connectivity index (χ0n) is 7.97. The van der Waals surface area contributed by atoms with Gasteiger partial charge < -0.3 is 19.7 Å². The molecular formula is C8H10N2O5. The third kappa shape index (κ3) is 2.78. The number of aromatic nitrogens is 1.